The van der Waals surface area contributed by atoms with Gasteiger partial charge in [-0.2, -0.15) is 0 Å². The Morgan fingerprint density at radius 2 is 1.88 bits per heavy atom. The summed E-state index contributed by atoms with van der Waals surface area (Å²) in [5.41, 5.74) is 4.16. The summed E-state index contributed by atoms with van der Waals surface area (Å²) in [7, 11) is 4.19. The van der Waals surface area contributed by atoms with E-state index in [9.17, 15) is 4.79 Å². The molecule has 2 aromatic rings. The van der Waals surface area contributed by atoms with Gasteiger partial charge in [-0.25, -0.2) is 0 Å². The van der Waals surface area contributed by atoms with E-state index in [0.717, 1.165) is 55.9 Å². The minimum absolute atomic E-state index is 0.0568. The van der Waals surface area contributed by atoms with Gasteiger partial charge >= 0.3 is 0 Å². The van der Waals surface area contributed by atoms with Crippen LogP contribution in [-0.2, 0) is 16.8 Å². The highest BCUT2D eigenvalue weighted by Crippen LogP contribution is 2.43. The Kier molecular flexibility index (Phi) is 7.24. The second-order valence-corrected chi connectivity index (χ2v) is 9.86. The number of benzene rings is 2. The fraction of sp³-hybridized carbons (Fsp3) is 0.519. The van der Waals surface area contributed by atoms with Crippen LogP contribution in [0.1, 0.15) is 48.8 Å². The largest absolute Gasteiger partial charge is 0.342 e. The summed E-state index contributed by atoms with van der Waals surface area (Å²) in [4.78, 5) is 18.4. The lowest BCUT2D eigenvalue weighted by molar-refractivity contribution is -0.139. The third-order valence-electron chi connectivity index (χ3n) is 7.81. The van der Waals surface area contributed by atoms with E-state index in [-0.39, 0.29) is 23.3 Å². The Bertz CT molecular complexity index is 938. The molecule has 2 heterocycles. The van der Waals surface area contributed by atoms with Crippen LogP contribution in [0.3, 0.4) is 0 Å². The molecule has 2 unspecified atom stereocenters. The molecule has 2 aliphatic rings. The quantitative estimate of drug-likeness (QED) is 0.690. The minimum Gasteiger partial charge on any atom is -0.342 e. The predicted molar refractivity (Wildman–Crippen MR) is 132 cm³/mol. The van der Waals surface area contributed by atoms with Crippen molar-refractivity contribution in [2.75, 3.05) is 40.3 Å². The summed E-state index contributed by atoms with van der Waals surface area (Å²) >= 11 is 6.28. The van der Waals surface area contributed by atoms with Crippen LogP contribution in [0.25, 0.3) is 0 Å². The summed E-state index contributed by atoms with van der Waals surface area (Å²) in [6, 6.07) is 16.9. The molecule has 4 nitrogen and oxygen atoms in total. The van der Waals surface area contributed by atoms with Crippen molar-refractivity contribution in [1.82, 2.24) is 15.1 Å². The van der Waals surface area contributed by atoms with Crippen molar-refractivity contribution in [2.45, 2.75) is 44.1 Å². The SMILES string of the molecule is CCC(c1cccc(Cl)c1)C(CNC)C(=O)N1CCC2(CC1)c1ccccc1CCN2C. The number of likely N-dealkylation sites (N-methyl/N-ethyl adjacent to an activating group) is 1. The highest BCUT2D eigenvalue weighted by atomic mass is 35.5. The molecule has 0 saturated carbocycles. The summed E-state index contributed by atoms with van der Waals surface area (Å²) in [6.45, 7) is 5.54. The summed E-state index contributed by atoms with van der Waals surface area (Å²) < 4.78 is 0. The van der Waals surface area contributed by atoms with Crippen LogP contribution < -0.4 is 5.32 Å². The number of carbonyl (C=O) groups excluding carboxylic acids is 1. The van der Waals surface area contributed by atoms with Crippen LogP contribution in [-0.4, -0.2) is 56.0 Å². The number of carbonyl (C=O) groups is 1. The Labute approximate surface area is 197 Å². The Balaban J connectivity index is 1.54. The number of rotatable bonds is 6. The molecule has 4 rings (SSSR count). The maximum Gasteiger partial charge on any atom is 0.227 e. The van der Waals surface area contributed by atoms with E-state index >= 15 is 0 Å². The number of fused-ring (bicyclic) bond motifs is 2. The number of nitrogens with zero attached hydrogens (tertiary/aromatic N) is 2. The number of amides is 1. The Hall–Kier alpha value is -1.88. The zero-order valence-electron chi connectivity index (χ0n) is 19.6. The van der Waals surface area contributed by atoms with E-state index in [1.165, 1.54) is 11.1 Å². The van der Waals surface area contributed by atoms with E-state index < -0.39 is 0 Å². The van der Waals surface area contributed by atoms with Crippen LogP contribution in [0.2, 0.25) is 5.02 Å². The number of likely N-dealkylation sites (tertiary alicyclic amines) is 1. The number of halogens is 1. The number of piperidine rings is 1. The van der Waals surface area contributed by atoms with Gasteiger partial charge in [0.05, 0.1) is 5.92 Å². The molecule has 1 N–H and O–H groups in total. The third-order valence-corrected chi connectivity index (χ3v) is 8.05. The standard InChI is InChI=1S/C27H36ClN3O/c1-4-23(21-9-7-10-22(28)18-21)24(19-29-2)26(32)31-16-13-27(14-17-31)25-11-6-5-8-20(25)12-15-30(27)3/h5-11,18,23-24,29H,4,12-17,19H2,1-3H3. The van der Waals surface area contributed by atoms with Crippen LogP contribution >= 0.6 is 11.6 Å². The topological polar surface area (TPSA) is 35.6 Å². The fourth-order valence-electron chi connectivity index (χ4n) is 5.99. The molecule has 2 aliphatic heterocycles. The van der Waals surface area contributed by atoms with E-state index in [0.29, 0.717) is 6.54 Å². The van der Waals surface area contributed by atoms with Crippen molar-refractivity contribution in [3.8, 4) is 0 Å². The second kappa shape index (κ2) is 9.94. The first-order chi connectivity index (χ1) is 15.5. The molecular weight excluding hydrogens is 418 g/mol. The van der Waals surface area contributed by atoms with E-state index in [1.807, 2.05) is 25.2 Å². The molecule has 0 radical (unpaired) electrons. The molecule has 2 atom stereocenters. The van der Waals surface area contributed by atoms with Crippen molar-refractivity contribution >= 4 is 17.5 Å². The lowest BCUT2D eigenvalue weighted by Crippen LogP contribution is -2.56. The fourth-order valence-corrected chi connectivity index (χ4v) is 6.19. The Morgan fingerprint density at radius 1 is 1.12 bits per heavy atom. The first-order valence-corrected chi connectivity index (χ1v) is 12.4. The van der Waals surface area contributed by atoms with Gasteiger partial charge in [0, 0.05) is 36.7 Å². The van der Waals surface area contributed by atoms with Gasteiger partial charge in [-0.05, 0) is 74.5 Å². The van der Waals surface area contributed by atoms with Gasteiger partial charge < -0.3 is 10.2 Å². The van der Waals surface area contributed by atoms with Crippen LogP contribution in [0, 0.1) is 5.92 Å². The average Bonchev–Trinajstić information content (AvgIpc) is 2.82. The van der Waals surface area contributed by atoms with E-state index in [2.05, 4.69) is 59.4 Å². The van der Waals surface area contributed by atoms with Gasteiger partial charge in [0.15, 0.2) is 0 Å². The van der Waals surface area contributed by atoms with Crippen molar-refractivity contribution < 1.29 is 4.79 Å². The van der Waals surface area contributed by atoms with Gasteiger partial charge in [0.1, 0.15) is 0 Å². The molecule has 1 amide bonds. The van der Waals surface area contributed by atoms with Crippen LogP contribution in [0.4, 0.5) is 0 Å². The lowest BCUT2D eigenvalue weighted by atomic mass is 9.74. The summed E-state index contributed by atoms with van der Waals surface area (Å²) in [5, 5.41) is 4.01. The van der Waals surface area contributed by atoms with Crippen LogP contribution in [0.15, 0.2) is 48.5 Å². The highest BCUT2D eigenvalue weighted by molar-refractivity contribution is 6.30. The predicted octanol–water partition coefficient (Wildman–Crippen LogP) is 4.68. The first-order valence-electron chi connectivity index (χ1n) is 12.0. The van der Waals surface area contributed by atoms with Crippen molar-refractivity contribution in [3.63, 3.8) is 0 Å². The molecule has 0 aliphatic carbocycles. The van der Waals surface area contributed by atoms with Gasteiger partial charge in [-0.3, -0.25) is 9.69 Å². The summed E-state index contributed by atoms with van der Waals surface area (Å²) in [5.74, 6) is 0.337. The molecule has 32 heavy (non-hydrogen) atoms. The van der Waals surface area contributed by atoms with Gasteiger partial charge in [-0.15, -0.1) is 0 Å². The van der Waals surface area contributed by atoms with Crippen molar-refractivity contribution in [3.05, 3.63) is 70.2 Å². The van der Waals surface area contributed by atoms with Gasteiger partial charge in [0.25, 0.3) is 0 Å². The zero-order chi connectivity index (χ0) is 22.7. The first kappa shape index (κ1) is 23.3. The Morgan fingerprint density at radius 3 is 2.56 bits per heavy atom. The molecule has 1 fully saturated rings. The molecule has 5 heteroatoms. The van der Waals surface area contributed by atoms with Gasteiger partial charge in [-0.1, -0.05) is 54.9 Å². The van der Waals surface area contributed by atoms with Crippen molar-refractivity contribution in [2.24, 2.45) is 5.92 Å². The second-order valence-electron chi connectivity index (χ2n) is 9.42. The zero-order valence-corrected chi connectivity index (χ0v) is 20.4. The van der Waals surface area contributed by atoms with Crippen LogP contribution in [0.5, 0.6) is 0 Å². The number of hydrogen-bond donors (Lipinski definition) is 1. The third kappa shape index (κ3) is 4.33. The molecule has 172 valence electrons. The molecule has 1 saturated heterocycles. The maximum atomic E-state index is 13.8. The van der Waals surface area contributed by atoms with Gasteiger partial charge in [0.2, 0.25) is 5.91 Å². The highest BCUT2D eigenvalue weighted by Gasteiger charge is 2.44. The van der Waals surface area contributed by atoms with E-state index in [4.69, 9.17) is 11.6 Å². The molecule has 0 bridgehead atoms. The average molecular weight is 454 g/mol. The van der Waals surface area contributed by atoms with E-state index in [1.54, 1.807) is 0 Å². The van der Waals surface area contributed by atoms with Crippen molar-refractivity contribution in [1.29, 1.82) is 0 Å². The smallest absolute Gasteiger partial charge is 0.227 e. The minimum atomic E-state index is -0.0890. The maximum absolute atomic E-state index is 13.8. The number of nitrogens with one attached hydrogen (secondary N) is 1. The molecule has 1 spiro atoms. The monoisotopic (exact) mass is 453 g/mol. The molecular formula is C27H36ClN3O. The lowest BCUT2D eigenvalue weighted by Gasteiger charge is -2.51. The molecule has 2 aromatic carbocycles. The normalized spacial score (nSPS) is 20.1. The summed E-state index contributed by atoms with van der Waals surface area (Å²) in [6.07, 6.45) is 4.00. The molecule has 0 aromatic heterocycles. The number of hydrogen-bond acceptors (Lipinski definition) is 3.